The summed E-state index contributed by atoms with van der Waals surface area (Å²) in [7, 11) is 1.95. The van der Waals surface area contributed by atoms with E-state index in [9.17, 15) is 9.59 Å². The maximum Gasteiger partial charge on any atom is 0.225 e. The number of piperidine rings is 1. The monoisotopic (exact) mass is 362 g/mol. The Balaban J connectivity index is 1.77. The Hall–Kier alpha value is -1.85. The molecular formula is C20H34N4O2. The first-order chi connectivity index (χ1) is 12.2. The first-order valence-electron chi connectivity index (χ1n) is 9.76. The van der Waals surface area contributed by atoms with Crippen LogP contribution in [0.2, 0.25) is 0 Å². The van der Waals surface area contributed by atoms with E-state index in [-0.39, 0.29) is 23.8 Å². The van der Waals surface area contributed by atoms with Crippen LogP contribution in [-0.4, -0.2) is 45.6 Å². The molecule has 0 unspecified atom stereocenters. The number of aromatic nitrogens is 2. The minimum absolute atomic E-state index is 0.0510. The number of nitrogens with zero attached hydrogens (tertiary/aromatic N) is 3. The number of likely N-dealkylation sites (tertiary alicyclic amines) is 1. The molecule has 1 N–H and O–H groups in total. The van der Waals surface area contributed by atoms with Crippen LogP contribution in [0, 0.1) is 25.7 Å². The van der Waals surface area contributed by atoms with E-state index < -0.39 is 0 Å². The van der Waals surface area contributed by atoms with Crippen LogP contribution in [0.4, 0.5) is 0 Å². The van der Waals surface area contributed by atoms with Gasteiger partial charge in [0, 0.05) is 44.2 Å². The van der Waals surface area contributed by atoms with Gasteiger partial charge in [-0.3, -0.25) is 14.3 Å². The molecule has 2 amide bonds. The highest BCUT2D eigenvalue weighted by molar-refractivity contribution is 5.78. The van der Waals surface area contributed by atoms with Crippen molar-refractivity contribution in [3.05, 3.63) is 17.0 Å². The number of rotatable bonds is 6. The molecule has 1 atom stereocenters. The molecule has 0 radical (unpaired) electrons. The van der Waals surface area contributed by atoms with Crippen molar-refractivity contribution in [2.75, 3.05) is 13.1 Å². The van der Waals surface area contributed by atoms with Gasteiger partial charge in [-0.25, -0.2) is 0 Å². The van der Waals surface area contributed by atoms with Crippen molar-refractivity contribution in [2.45, 2.75) is 66.3 Å². The van der Waals surface area contributed by atoms with Crippen molar-refractivity contribution in [3.8, 4) is 0 Å². The molecule has 1 aliphatic rings. The Morgan fingerprint density at radius 3 is 2.31 bits per heavy atom. The Kier molecular flexibility index (Phi) is 6.84. The fourth-order valence-electron chi connectivity index (χ4n) is 3.79. The van der Waals surface area contributed by atoms with E-state index in [1.807, 2.05) is 44.3 Å². The van der Waals surface area contributed by atoms with Gasteiger partial charge in [-0.05, 0) is 51.5 Å². The van der Waals surface area contributed by atoms with Crippen molar-refractivity contribution >= 4 is 11.8 Å². The predicted molar refractivity (Wildman–Crippen MR) is 103 cm³/mol. The predicted octanol–water partition coefficient (Wildman–Crippen LogP) is 2.37. The summed E-state index contributed by atoms with van der Waals surface area (Å²) in [5.41, 5.74) is 3.42. The normalized spacial score (nSPS) is 16.8. The molecule has 0 saturated carbocycles. The third-order valence-electron chi connectivity index (χ3n) is 5.47. The summed E-state index contributed by atoms with van der Waals surface area (Å²) in [6, 6.07) is 0.0895. The molecule has 1 aliphatic heterocycles. The van der Waals surface area contributed by atoms with Crippen LogP contribution in [0.15, 0.2) is 0 Å². The molecule has 1 aromatic rings. The largest absolute Gasteiger partial charge is 0.353 e. The second-order valence-corrected chi connectivity index (χ2v) is 8.07. The number of hydrogen-bond acceptors (Lipinski definition) is 3. The van der Waals surface area contributed by atoms with Gasteiger partial charge < -0.3 is 10.2 Å². The summed E-state index contributed by atoms with van der Waals surface area (Å²) in [6.45, 7) is 11.6. The molecule has 0 spiro atoms. The molecule has 6 nitrogen and oxygen atoms in total. The van der Waals surface area contributed by atoms with Gasteiger partial charge >= 0.3 is 0 Å². The van der Waals surface area contributed by atoms with E-state index in [4.69, 9.17) is 0 Å². The summed E-state index contributed by atoms with van der Waals surface area (Å²) in [4.78, 5) is 26.4. The number of nitrogens with one attached hydrogen (secondary N) is 1. The number of aryl methyl sites for hydroxylation is 2. The molecule has 1 fully saturated rings. The lowest BCUT2D eigenvalue weighted by molar-refractivity contribution is -0.136. The molecule has 26 heavy (non-hydrogen) atoms. The van der Waals surface area contributed by atoms with E-state index in [2.05, 4.69) is 17.3 Å². The van der Waals surface area contributed by atoms with E-state index in [1.54, 1.807) is 0 Å². The average molecular weight is 363 g/mol. The molecule has 0 aromatic carbocycles. The van der Waals surface area contributed by atoms with Gasteiger partial charge in [0.25, 0.3) is 0 Å². The van der Waals surface area contributed by atoms with Gasteiger partial charge in [0.2, 0.25) is 11.8 Å². The van der Waals surface area contributed by atoms with Crippen molar-refractivity contribution in [3.63, 3.8) is 0 Å². The zero-order chi connectivity index (χ0) is 19.4. The van der Waals surface area contributed by atoms with Gasteiger partial charge in [0.1, 0.15) is 0 Å². The Morgan fingerprint density at radius 2 is 1.81 bits per heavy atom. The van der Waals surface area contributed by atoms with Gasteiger partial charge in [0.05, 0.1) is 5.69 Å². The number of carbonyl (C=O) groups excluding carboxylic acids is 2. The molecule has 1 aromatic heterocycles. The SMILES string of the molecule is Cc1nn(C)c(C)c1C[C@@H](C)NC(=O)CC1CCN(C(=O)C(C)C)CC1. The lowest BCUT2D eigenvalue weighted by Gasteiger charge is -2.33. The molecule has 1 saturated heterocycles. The van der Waals surface area contributed by atoms with Gasteiger partial charge in [-0.1, -0.05) is 13.8 Å². The summed E-state index contributed by atoms with van der Waals surface area (Å²) >= 11 is 0. The minimum Gasteiger partial charge on any atom is -0.353 e. The first-order valence-corrected chi connectivity index (χ1v) is 9.76. The molecular weight excluding hydrogens is 328 g/mol. The smallest absolute Gasteiger partial charge is 0.225 e. The van der Waals surface area contributed by atoms with Crippen molar-refractivity contribution in [1.82, 2.24) is 20.0 Å². The van der Waals surface area contributed by atoms with Crippen LogP contribution in [0.5, 0.6) is 0 Å². The van der Waals surface area contributed by atoms with E-state index >= 15 is 0 Å². The minimum atomic E-state index is 0.0510. The van der Waals surface area contributed by atoms with Gasteiger partial charge in [-0.15, -0.1) is 0 Å². The number of amides is 2. The summed E-state index contributed by atoms with van der Waals surface area (Å²) < 4.78 is 1.89. The number of hydrogen-bond donors (Lipinski definition) is 1. The Labute approximate surface area is 157 Å². The molecule has 6 heteroatoms. The zero-order valence-corrected chi connectivity index (χ0v) is 17.1. The number of carbonyl (C=O) groups is 2. The molecule has 2 rings (SSSR count). The molecule has 0 bridgehead atoms. The van der Waals surface area contributed by atoms with Crippen LogP contribution >= 0.6 is 0 Å². The highest BCUT2D eigenvalue weighted by atomic mass is 16.2. The first kappa shape index (κ1) is 20.5. The van der Waals surface area contributed by atoms with E-state index in [0.717, 1.165) is 43.7 Å². The van der Waals surface area contributed by atoms with Crippen molar-refractivity contribution < 1.29 is 9.59 Å². The third kappa shape index (κ3) is 5.08. The van der Waals surface area contributed by atoms with Crippen LogP contribution < -0.4 is 5.32 Å². The lowest BCUT2D eigenvalue weighted by Crippen LogP contribution is -2.42. The van der Waals surface area contributed by atoms with Crippen LogP contribution in [0.3, 0.4) is 0 Å². The van der Waals surface area contributed by atoms with Gasteiger partial charge in [0.15, 0.2) is 0 Å². The average Bonchev–Trinajstić information content (AvgIpc) is 2.81. The summed E-state index contributed by atoms with van der Waals surface area (Å²) in [5, 5.41) is 7.58. The standard InChI is InChI=1S/C20H34N4O2/c1-13(2)20(26)24-9-7-17(8-10-24)12-19(25)21-14(3)11-18-15(4)22-23(6)16(18)5/h13-14,17H,7-12H2,1-6H3,(H,21,25)/t14-/m1/s1. The van der Waals surface area contributed by atoms with E-state index in [0.29, 0.717) is 12.3 Å². The molecule has 2 heterocycles. The fourth-order valence-corrected chi connectivity index (χ4v) is 3.79. The lowest BCUT2D eigenvalue weighted by atomic mass is 9.92. The van der Waals surface area contributed by atoms with Gasteiger partial charge in [-0.2, -0.15) is 5.10 Å². The van der Waals surface area contributed by atoms with Crippen molar-refractivity contribution in [1.29, 1.82) is 0 Å². The van der Waals surface area contributed by atoms with Crippen LogP contribution in [0.1, 0.15) is 57.0 Å². The fraction of sp³-hybridized carbons (Fsp3) is 0.750. The highest BCUT2D eigenvalue weighted by Gasteiger charge is 2.26. The highest BCUT2D eigenvalue weighted by Crippen LogP contribution is 2.22. The maximum atomic E-state index is 12.4. The van der Waals surface area contributed by atoms with Crippen LogP contribution in [0.25, 0.3) is 0 Å². The summed E-state index contributed by atoms with van der Waals surface area (Å²) in [5.74, 6) is 0.768. The maximum absolute atomic E-state index is 12.4. The topological polar surface area (TPSA) is 67.2 Å². The van der Waals surface area contributed by atoms with Crippen molar-refractivity contribution in [2.24, 2.45) is 18.9 Å². The quantitative estimate of drug-likeness (QED) is 0.845. The molecule has 146 valence electrons. The van der Waals surface area contributed by atoms with Crippen LogP contribution in [-0.2, 0) is 23.1 Å². The Bertz CT molecular complexity index is 642. The third-order valence-corrected chi connectivity index (χ3v) is 5.47. The molecule has 0 aliphatic carbocycles. The zero-order valence-electron chi connectivity index (χ0n) is 17.1. The second-order valence-electron chi connectivity index (χ2n) is 8.07. The second kappa shape index (κ2) is 8.69. The Morgan fingerprint density at radius 1 is 1.19 bits per heavy atom. The summed E-state index contributed by atoms with van der Waals surface area (Å²) in [6.07, 6.45) is 3.19. The van der Waals surface area contributed by atoms with E-state index in [1.165, 1.54) is 5.56 Å².